The van der Waals surface area contributed by atoms with Gasteiger partial charge < -0.3 is 15.3 Å². The lowest BCUT2D eigenvalue weighted by Crippen LogP contribution is -2.47. The van der Waals surface area contributed by atoms with Crippen LogP contribution in [-0.2, 0) is 9.59 Å². The third-order valence-corrected chi connectivity index (χ3v) is 3.81. The number of aliphatic hydroxyl groups excluding tert-OH is 1. The Morgan fingerprint density at radius 2 is 2.11 bits per heavy atom. The van der Waals surface area contributed by atoms with Gasteiger partial charge in [-0.1, -0.05) is 13.8 Å². The number of nitrogens with one attached hydrogen (secondary N) is 1. The molecule has 5 heteroatoms. The predicted molar refractivity (Wildman–Crippen MR) is 68.8 cm³/mol. The van der Waals surface area contributed by atoms with Crippen molar-refractivity contribution in [2.24, 2.45) is 11.8 Å². The minimum atomic E-state index is -0.282. The molecule has 1 heterocycles. The number of carbonyl (C=O) groups excluding carboxylic acids is 2. The molecule has 2 amide bonds. The Labute approximate surface area is 109 Å². The first-order chi connectivity index (χ1) is 8.60. The zero-order valence-electron chi connectivity index (χ0n) is 11.3. The van der Waals surface area contributed by atoms with Gasteiger partial charge in [-0.2, -0.15) is 0 Å². The van der Waals surface area contributed by atoms with Crippen LogP contribution in [-0.4, -0.2) is 48.1 Å². The number of hydrogen-bond acceptors (Lipinski definition) is 3. The van der Waals surface area contributed by atoms with E-state index in [2.05, 4.69) is 12.2 Å². The number of amides is 2. The number of rotatable bonds is 6. The third kappa shape index (κ3) is 3.98. The standard InChI is InChI=1S/C13H24N2O3/c1-10-3-6-15(7-4-10)13(18)11(2)12(5-8-16)14-9-17/h9-12,16H,3-8H2,1-2H3,(H,14,17). The molecular formula is C13H24N2O3. The molecule has 1 rings (SSSR count). The van der Waals surface area contributed by atoms with Gasteiger partial charge in [0.25, 0.3) is 0 Å². The minimum absolute atomic E-state index is 0.0276. The molecule has 2 N–H and O–H groups in total. The molecule has 5 nitrogen and oxygen atoms in total. The molecule has 0 aliphatic carbocycles. The maximum absolute atomic E-state index is 12.3. The first-order valence-electron chi connectivity index (χ1n) is 6.69. The largest absolute Gasteiger partial charge is 0.396 e. The quantitative estimate of drug-likeness (QED) is 0.675. The molecular weight excluding hydrogens is 232 g/mol. The van der Waals surface area contributed by atoms with E-state index in [1.807, 2.05) is 11.8 Å². The molecule has 0 aromatic heterocycles. The van der Waals surface area contributed by atoms with E-state index in [-0.39, 0.29) is 24.5 Å². The van der Waals surface area contributed by atoms with Crippen molar-refractivity contribution in [2.45, 2.75) is 39.2 Å². The van der Waals surface area contributed by atoms with Crippen molar-refractivity contribution in [3.05, 3.63) is 0 Å². The molecule has 2 atom stereocenters. The van der Waals surface area contributed by atoms with Gasteiger partial charge in [-0.25, -0.2) is 0 Å². The number of hydrogen-bond donors (Lipinski definition) is 2. The van der Waals surface area contributed by atoms with E-state index >= 15 is 0 Å². The predicted octanol–water partition coefficient (Wildman–Crippen LogP) is 0.378. The SMILES string of the molecule is CC1CCN(C(=O)C(C)C(CCO)NC=O)CC1. The number of aliphatic hydroxyl groups is 1. The second-order valence-electron chi connectivity index (χ2n) is 5.20. The zero-order chi connectivity index (χ0) is 13.5. The molecule has 0 aromatic carbocycles. The first-order valence-corrected chi connectivity index (χ1v) is 6.69. The first kappa shape index (κ1) is 15.0. The van der Waals surface area contributed by atoms with E-state index in [9.17, 15) is 9.59 Å². The molecule has 1 fully saturated rings. The van der Waals surface area contributed by atoms with Crippen LogP contribution in [0.4, 0.5) is 0 Å². The lowest BCUT2D eigenvalue weighted by atomic mass is 9.94. The van der Waals surface area contributed by atoms with E-state index in [0.717, 1.165) is 25.9 Å². The molecule has 1 saturated heterocycles. The van der Waals surface area contributed by atoms with Crippen LogP contribution in [0.1, 0.15) is 33.1 Å². The summed E-state index contributed by atoms with van der Waals surface area (Å²) in [5, 5.41) is 11.6. The van der Waals surface area contributed by atoms with Gasteiger partial charge in [-0.15, -0.1) is 0 Å². The van der Waals surface area contributed by atoms with Crippen molar-refractivity contribution < 1.29 is 14.7 Å². The lowest BCUT2D eigenvalue weighted by molar-refractivity contribution is -0.137. The molecule has 0 aromatic rings. The van der Waals surface area contributed by atoms with Gasteiger partial charge in [0.1, 0.15) is 0 Å². The molecule has 1 aliphatic heterocycles. The highest BCUT2D eigenvalue weighted by Gasteiger charge is 2.29. The second-order valence-corrected chi connectivity index (χ2v) is 5.20. The van der Waals surface area contributed by atoms with Crippen molar-refractivity contribution in [2.75, 3.05) is 19.7 Å². The number of likely N-dealkylation sites (tertiary alicyclic amines) is 1. The Morgan fingerprint density at radius 3 is 2.61 bits per heavy atom. The fourth-order valence-electron chi connectivity index (χ4n) is 2.39. The van der Waals surface area contributed by atoms with Crippen LogP contribution < -0.4 is 5.32 Å². The van der Waals surface area contributed by atoms with Crippen LogP contribution in [0.15, 0.2) is 0 Å². The molecule has 0 bridgehead atoms. The van der Waals surface area contributed by atoms with Crippen LogP contribution >= 0.6 is 0 Å². The minimum Gasteiger partial charge on any atom is -0.396 e. The molecule has 2 unspecified atom stereocenters. The number of nitrogens with zero attached hydrogens (tertiary/aromatic N) is 1. The summed E-state index contributed by atoms with van der Waals surface area (Å²) in [5.41, 5.74) is 0. The molecule has 1 aliphatic rings. The highest BCUT2D eigenvalue weighted by molar-refractivity contribution is 5.79. The normalized spacial score (nSPS) is 20.3. The van der Waals surface area contributed by atoms with Crippen LogP contribution in [0.5, 0.6) is 0 Å². The van der Waals surface area contributed by atoms with Crippen molar-refractivity contribution in [3.63, 3.8) is 0 Å². The molecule has 0 radical (unpaired) electrons. The van der Waals surface area contributed by atoms with Crippen LogP contribution in [0, 0.1) is 11.8 Å². The number of carbonyl (C=O) groups is 2. The summed E-state index contributed by atoms with van der Waals surface area (Å²) < 4.78 is 0. The van der Waals surface area contributed by atoms with Crippen molar-refractivity contribution in [3.8, 4) is 0 Å². The van der Waals surface area contributed by atoms with E-state index in [1.165, 1.54) is 0 Å². The summed E-state index contributed by atoms with van der Waals surface area (Å²) >= 11 is 0. The Morgan fingerprint density at radius 1 is 1.50 bits per heavy atom. The Bertz CT molecular complexity index is 275. The monoisotopic (exact) mass is 256 g/mol. The van der Waals surface area contributed by atoms with Crippen LogP contribution in [0.2, 0.25) is 0 Å². The van der Waals surface area contributed by atoms with Gasteiger partial charge in [0.15, 0.2) is 0 Å². The van der Waals surface area contributed by atoms with Crippen molar-refractivity contribution in [1.82, 2.24) is 10.2 Å². The number of piperidine rings is 1. The van der Waals surface area contributed by atoms with Gasteiger partial charge in [0.2, 0.25) is 12.3 Å². The summed E-state index contributed by atoms with van der Waals surface area (Å²) in [5.74, 6) is 0.483. The fraction of sp³-hybridized carbons (Fsp3) is 0.846. The van der Waals surface area contributed by atoms with Crippen LogP contribution in [0.3, 0.4) is 0 Å². The maximum Gasteiger partial charge on any atom is 0.227 e. The smallest absolute Gasteiger partial charge is 0.227 e. The van der Waals surface area contributed by atoms with E-state index in [4.69, 9.17) is 5.11 Å². The molecule has 0 spiro atoms. The highest BCUT2D eigenvalue weighted by Crippen LogP contribution is 2.19. The summed E-state index contributed by atoms with van der Waals surface area (Å²) in [6.07, 6.45) is 3.10. The fourth-order valence-corrected chi connectivity index (χ4v) is 2.39. The summed E-state index contributed by atoms with van der Waals surface area (Å²) in [4.78, 5) is 24.7. The van der Waals surface area contributed by atoms with Crippen molar-refractivity contribution >= 4 is 12.3 Å². The Hall–Kier alpha value is -1.10. The molecule has 0 saturated carbocycles. The average molecular weight is 256 g/mol. The molecule has 18 heavy (non-hydrogen) atoms. The van der Waals surface area contributed by atoms with Gasteiger partial charge in [-0.05, 0) is 25.2 Å². The topological polar surface area (TPSA) is 69.6 Å². The Kier molecular flexibility index (Phi) is 6.12. The van der Waals surface area contributed by atoms with Gasteiger partial charge in [0, 0.05) is 25.7 Å². The third-order valence-electron chi connectivity index (χ3n) is 3.81. The van der Waals surface area contributed by atoms with E-state index in [1.54, 1.807) is 0 Å². The summed E-state index contributed by atoms with van der Waals surface area (Å²) in [6, 6.07) is -0.278. The van der Waals surface area contributed by atoms with Gasteiger partial charge in [-0.3, -0.25) is 9.59 Å². The summed E-state index contributed by atoms with van der Waals surface area (Å²) in [6.45, 7) is 5.60. The second kappa shape index (κ2) is 7.36. The van der Waals surface area contributed by atoms with E-state index < -0.39 is 0 Å². The zero-order valence-corrected chi connectivity index (χ0v) is 11.3. The van der Waals surface area contributed by atoms with Crippen molar-refractivity contribution in [1.29, 1.82) is 0 Å². The van der Waals surface area contributed by atoms with Gasteiger partial charge in [0.05, 0.1) is 5.92 Å². The lowest BCUT2D eigenvalue weighted by Gasteiger charge is -2.34. The maximum atomic E-state index is 12.3. The van der Waals surface area contributed by atoms with E-state index in [0.29, 0.717) is 18.7 Å². The molecule has 104 valence electrons. The summed E-state index contributed by atoms with van der Waals surface area (Å²) in [7, 11) is 0. The highest BCUT2D eigenvalue weighted by atomic mass is 16.3. The van der Waals surface area contributed by atoms with Crippen LogP contribution in [0.25, 0.3) is 0 Å². The average Bonchev–Trinajstić information content (AvgIpc) is 2.38. The van der Waals surface area contributed by atoms with Gasteiger partial charge >= 0.3 is 0 Å². The Balaban J connectivity index is 2.54.